The first-order valence-corrected chi connectivity index (χ1v) is 8.98. The van der Waals surface area contributed by atoms with Crippen LogP contribution < -0.4 is 11.1 Å². The van der Waals surface area contributed by atoms with Gasteiger partial charge in [0.2, 0.25) is 0 Å². The van der Waals surface area contributed by atoms with E-state index in [1.165, 1.54) is 16.9 Å². The summed E-state index contributed by atoms with van der Waals surface area (Å²) < 4.78 is 5.31. The number of carbonyl (C=O) groups is 1. The number of nitrogens with two attached hydrogens (primary N) is 1. The van der Waals surface area contributed by atoms with E-state index in [2.05, 4.69) is 22.4 Å². The molecule has 0 unspecified atom stereocenters. The lowest BCUT2D eigenvalue weighted by atomic mass is 10.00. The lowest BCUT2D eigenvalue weighted by Gasteiger charge is -2.19. The van der Waals surface area contributed by atoms with E-state index in [4.69, 9.17) is 10.5 Å². The largest absolute Gasteiger partial charge is 0.444 e. The monoisotopic (exact) mass is 347 g/mol. The molecule has 0 saturated carbocycles. The Hall–Kier alpha value is -1.92. The maximum absolute atomic E-state index is 12.1. The predicted octanol–water partition coefficient (Wildman–Crippen LogP) is 3.42. The van der Waals surface area contributed by atoms with E-state index in [9.17, 15) is 4.79 Å². The number of benzene rings is 1. The Labute approximate surface area is 147 Å². The normalized spacial score (nSPS) is 13.3. The third kappa shape index (κ3) is 6.68. The number of aryl methyl sites for hydroxylation is 1. The van der Waals surface area contributed by atoms with Crippen molar-refractivity contribution in [1.82, 2.24) is 10.3 Å². The molecule has 1 aromatic heterocycles. The predicted molar refractivity (Wildman–Crippen MR) is 97.0 cm³/mol. The molecule has 0 fully saturated rings. The van der Waals surface area contributed by atoms with Crippen molar-refractivity contribution in [3.63, 3.8) is 0 Å². The van der Waals surface area contributed by atoms with Crippen molar-refractivity contribution in [3.05, 3.63) is 52.0 Å². The van der Waals surface area contributed by atoms with E-state index in [1.807, 2.05) is 32.0 Å². The van der Waals surface area contributed by atoms with Crippen LogP contribution in [0.4, 0.5) is 4.79 Å². The fraction of sp³-hybridized carbons (Fsp3) is 0.444. The Balaban J connectivity index is 1.87. The molecule has 0 aliphatic carbocycles. The number of thiazole rings is 1. The second-order valence-corrected chi connectivity index (χ2v) is 7.33. The number of rotatable bonds is 8. The molecule has 2 rings (SSSR count). The number of aromatic nitrogens is 1. The highest BCUT2D eigenvalue weighted by Crippen LogP contribution is 2.13. The van der Waals surface area contributed by atoms with Gasteiger partial charge in [-0.05, 0) is 38.7 Å². The van der Waals surface area contributed by atoms with Gasteiger partial charge >= 0.3 is 6.09 Å². The van der Waals surface area contributed by atoms with E-state index in [1.54, 1.807) is 6.20 Å². The second-order valence-electron chi connectivity index (χ2n) is 6.01. The highest BCUT2D eigenvalue weighted by Gasteiger charge is 2.15. The molecule has 1 heterocycles. The average molecular weight is 347 g/mol. The van der Waals surface area contributed by atoms with Crippen LogP contribution in [-0.2, 0) is 17.8 Å². The van der Waals surface area contributed by atoms with Crippen LogP contribution in [0.1, 0.15) is 35.2 Å². The number of ether oxygens (including phenoxy) is 1. The quantitative estimate of drug-likeness (QED) is 0.767. The van der Waals surface area contributed by atoms with Gasteiger partial charge in [0, 0.05) is 18.3 Å². The number of nitrogens with one attached hydrogen (secondary N) is 1. The molecular weight excluding hydrogens is 322 g/mol. The highest BCUT2D eigenvalue weighted by molar-refractivity contribution is 7.11. The summed E-state index contributed by atoms with van der Waals surface area (Å²) in [4.78, 5) is 17.2. The highest BCUT2D eigenvalue weighted by atomic mass is 32.1. The molecule has 2 atom stereocenters. The smallest absolute Gasteiger partial charge is 0.407 e. The number of hydrogen-bond donors (Lipinski definition) is 2. The molecule has 2 aromatic rings. The second kappa shape index (κ2) is 9.39. The van der Waals surface area contributed by atoms with Crippen LogP contribution in [0.15, 0.2) is 36.5 Å². The lowest BCUT2D eigenvalue weighted by molar-refractivity contribution is 0.135. The topological polar surface area (TPSA) is 77.2 Å². The third-order valence-electron chi connectivity index (χ3n) is 3.63. The van der Waals surface area contributed by atoms with Crippen molar-refractivity contribution < 1.29 is 9.53 Å². The van der Waals surface area contributed by atoms with Gasteiger partial charge in [0.25, 0.3) is 0 Å². The van der Waals surface area contributed by atoms with Gasteiger partial charge in [0.05, 0.1) is 9.88 Å². The number of carbonyl (C=O) groups excluding carboxylic acids is 1. The standard InChI is InChI=1S/C18H25N3O2S/c1-13(19)8-9-16(10-15-6-4-3-5-7-15)21-18(22)23-12-17-11-20-14(2)24-17/h3-7,11,13,16H,8-10,12,19H2,1-2H3,(H,21,22)/t13-,16+/m0/s1. The van der Waals surface area contributed by atoms with Crippen molar-refractivity contribution in [2.24, 2.45) is 5.73 Å². The molecule has 24 heavy (non-hydrogen) atoms. The fourth-order valence-corrected chi connectivity index (χ4v) is 3.11. The molecule has 0 bridgehead atoms. The summed E-state index contributed by atoms with van der Waals surface area (Å²) in [6.45, 7) is 4.16. The fourth-order valence-electron chi connectivity index (χ4n) is 2.41. The first kappa shape index (κ1) is 18.4. The summed E-state index contributed by atoms with van der Waals surface area (Å²) in [5.41, 5.74) is 7.04. The van der Waals surface area contributed by atoms with Crippen LogP contribution in [0.5, 0.6) is 0 Å². The first-order valence-electron chi connectivity index (χ1n) is 8.17. The molecule has 0 radical (unpaired) electrons. The zero-order valence-corrected chi connectivity index (χ0v) is 15.0. The average Bonchev–Trinajstić information content (AvgIpc) is 2.97. The number of nitrogens with zero attached hydrogens (tertiary/aromatic N) is 1. The molecule has 1 aromatic carbocycles. The number of amides is 1. The Kier molecular flexibility index (Phi) is 7.21. The third-order valence-corrected chi connectivity index (χ3v) is 4.52. The Morgan fingerprint density at radius 1 is 1.33 bits per heavy atom. The van der Waals surface area contributed by atoms with Gasteiger partial charge in [0.15, 0.2) is 0 Å². The maximum atomic E-state index is 12.1. The molecule has 0 aliphatic heterocycles. The minimum Gasteiger partial charge on any atom is -0.444 e. The van der Waals surface area contributed by atoms with Gasteiger partial charge in [-0.3, -0.25) is 0 Å². The molecular formula is C18H25N3O2S. The SMILES string of the molecule is Cc1ncc(COC(=O)N[C@H](CC[C@H](C)N)Cc2ccccc2)s1. The Morgan fingerprint density at radius 2 is 2.08 bits per heavy atom. The summed E-state index contributed by atoms with van der Waals surface area (Å²) in [5, 5.41) is 3.93. The van der Waals surface area contributed by atoms with Crippen LogP contribution in [-0.4, -0.2) is 23.2 Å². The van der Waals surface area contributed by atoms with E-state index in [0.717, 1.165) is 29.1 Å². The minimum absolute atomic E-state index is 0.00842. The van der Waals surface area contributed by atoms with Crippen LogP contribution >= 0.6 is 11.3 Å². The zero-order valence-electron chi connectivity index (χ0n) is 14.2. The van der Waals surface area contributed by atoms with Gasteiger partial charge in [0.1, 0.15) is 6.61 Å². The molecule has 3 N–H and O–H groups in total. The maximum Gasteiger partial charge on any atom is 0.407 e. The first-order chi connectivity index (χ1) is 11.5. The summed E-state index contributed by atoms with van der Waals surface area (Å²) in [6, 6.07) is 10.2. The van der Waals surface area contributed by atoms with Crippen LogP contribution in [0.3, 0.4) is 0 Å². The van der Waals surface area contributed by atoms with Crippen molar-refractivity contribution in [2.75, 3.05) is 0 Å². The van der Waals surface area contributed by atoms with Gasteiger partial charge in [-0.25, -0.2) is 9.78 Å². The molecule has 1 amide bonds. The number of alkyl carbamates (subject to hydrolysis) is 1. The van der Waals surface area contributed by atoms with Crippen molar-refractivity contribution in [1.29, 1.82) is 0 Å². The van der Waals surface area contributed by atoms with Crippen molar-refractivity contribution in [3.8, 4) is 0 Å². The zero-order chi connectivity index (χ0) is 17.4. The van der Waals surface area contributed by atoms with Gasteiger partial charge in [-0.1, -0.05) is 30.3 Å². The summed E-state index contributed by atoms with van der Waals surface area (Å²) in [6.07, 6.45) is 3.78. The molecule has 6 heteroatoms. The van der Waals surface area contributed by atoms with Gasteiger partial charge in [-0.2, -0.15) is 0 Å². The molecule has 5 nitrogen and oxygen atoms in total. The van der Waals surface area contributed by atoms with Crippen molar-refractivity contribution in [2.45, 2.75) is 51.8 Å². The van der Waals surface area contributed by atoms with Crippen molar-refractivity contribution >= 4 is 17.4 Å². The van der Waals surface area contributed by atoms with E-state index < -0.39 is 6.09 Å². The van der Waals surface area contributed by atoms with E-state index in [-0.39, 0.29) is 18.7 Å². The van der Waals surface area contributed by atoms with Crippen LogP contribution in [0, 0.1) is 6.92 Å². The number of hydrogen-bond acceptors (Lipinski definition) is 5. The van der Waals surface area contributed by atoms with Gasteiger partial charge < -0.3 is 15.8 Å². The minimum atomic E-state index is -0.397. The molecule has 0 aliphatic rings. The van der Waals surface area contributed by atoms with Gasteiger partial charge in [-0.15, -0.1) is 11.3 Å². The summed E-state index contributed by atoms with van der Waals surface area (Å²) >= 11 is 1.53. The lowest BCUT2D eigenvalue weighted by Crippen LogP contribution is -2.37. The van der Waals surface area contributed by atoms with Crippen LogP contribution in [0.2, 0.25) is 0 Å². The van der Waals surface area contributed by atoms with Crippen LogP contribution in [0.25, 0.3) is 0 Å². The molecule has 130 valence electrons. The molecule has 0 saturated heterocycles. The Bertz CT molecular complexity index is 628. The Morgan fingerprint density at radius 3 is 2.71 bits per heavy atom. The summed E-state index contributed by atoms with van der Waals surface area (Å²) in [7, 11) is 0. The molecule has 0 spiro atoms. The van der Waals surface area contributed by atoms with E-state index in [0.29, 0.717) is 0 Å². The summed E-state index contributed by atoms with van der Waals surface area (Å²) in [5.74, 6) is 0. The van der Waals surface area contributed by atoms with E-state index >= 15 is 0 Å².